The molecule has 0 saturated heterocycles. The number of hydrogen-bond acceptors (Lipinski definition) is 4. The third-order valence-electron chi connectivity index (χ3n) is 2.41. The van der Waals surface area contributed by atoms with E-state index in [1.54, 1.807) is 12.1 Å². The molecule has 0 radical (unpaired) electrons. The van der Waals surface area contributed by atoms with Crippen molar-refractivity contribution in [1.29, 1.82) is 0 Å². The highest BCUT2D eigenvalue weighted by Crippen LogP contribution is 2.26. The Balaban J connectivity index is 2.83. The number of carbonyl (C=O) groups excluding carboxylic acids is 2. The van der Waals surface area contributed by atoms with Crippen LogP contribution in [0.25, 0.3) is 0 Å². The number of rotatable bonds is 3. The molecule has 0 atom stereocenters. The van der Waals surface area contributed by atoms with Crippen LogP contribution >= 0.6 is 0 Å². The highest BCUT2D eigenvalue weighted by Gasteiger charge is 2.21. The van der Waals surface area contributed by atoms with Gasteiger partial charge in [0.25, 0.3) is 0 Å². The summed E-state index contributed by atoms with van der Waals surface area (Å²) in [6, 6.07) is 7.25. The van der Waals surface area contributed by atoms with Crippen LogP contribution in [0.4, 0.5) is 0 Å². The van der Waals surface area contributed by atoms with Crippen molar-refractivity contribution in [1.82, 2.24) is 0 Å². The van der Waals surface area contributed by atoms with Crippen LogP contribution in [0.1, 0.15) is 43.6 Å². The molecule has 0 heterocycles. The fraction of sp³-hybridized carbons (Fsp3) is 0.429. The second-order valence-corrected chi connectivity index (χ2v) is 4.98. The Morgan fingerprint density at radius 2 is 1.72 bits per heavy atom. The molecule has 1 aromatic carbocycles. The van der Waals surface area contributed by atoms with Crippen LogP contribution in [-0.2, 0) is 19.7 Å². The van der Waals surface area contributed by atoms with E-state index in [1.165, 1.54) is 6.92 Å². The van der Waals surface area contributed by atoms with Gasteiger partial charge < -0.3 is 9.47 Å². The first kappa shape index (κ1) is 14.2. The van der Waals surface area contributed by atoms with E-state index in [9.17, 15) is 9.59 Å². The minimum absolute atomic E-state index is 0.156. The van der Waals surface area contributed by atoms with Crippen molar-refractivity contribution in [2.24, 2.45) is 0 Å². The summed E-state index contributed by atoms with van der Waals surface area (Å²) < 4.78 is 9.47. The van der Waals surface area contributed by atoms with Gasteiger partial charge in [0.15, 0.2) is 0 Å². The highest BCUT2D eigenvalue weighted by atomic mass is 16.7. The Morgan fingerprint density at radius 1 is 1.11 bits per heavy atom. The van der Waals surface area contributed by atoms with Crippen LogP contribution in [0.3, 0.4) is 0 Å². The summed E-state index contributed by atoms with van der Waals surface area (Å²) in [5, 5.41) is 0. The maximum atomic E-state index is 11.9. The molecule has 0 aromatic heterocycles. The molecule has 4 heteroatoms. The molecule has 0 unspecified atom stereocenters. The van der Waals surface area contributed by atoms with Crippen molar-refractivity contribution in [3.8, 4) is 0 Å². The molecular formula is C14H18O4. The summed E-state index contributed by atoms with van der Waals surface area (Å²) in [5.74, 6) is -0.964. The summed E-state index contributed by atoms with van der Waals surface area (Å²) in [6.45, 7) is 6.96. The molecule has 0 aliphatic heterocycles. The number of carbonyl (C=O) groups is 2. The van der Waals surface area contributed by atoms with Crippen LogP contribution in [-0.4, -0.2) is 18.7 Å². The second kappa shape index (κ2) is 5.67. The van der Waals surface area contributed by atoms with Gasteiger partial charge in [-0.25, -0.2) is 4.79 Å². The average Bonchev–Trinajstić information content (AvgIpc) is 2.27. The zero-order valence-electron chi connectivity index (χ0n) is 11.1. The van der Waals surface area contributed by atoms with Crippen molar-refractivity contribution in [2.75, 3.05) is 6.79 Å². The molecule has 0 aliphatic carbocycles. The van der Waals surface area contributed by atoms with Crippen molar-refractivity contribution in [3.05, 3.63) is 35.4 Å². The standard InChI is InChI=1S/C14H18O4/c1-10(15)17-9-18-13(16)11-7-5-6-8-12(11)14(2,3)4/h5-8H,9H2,1-4H3. The van der Waals surface area contributed by atoms with E-state index in [4.69, 9.17) is 4.74 Å². The molecule has 0 saturated carbocycles. The maximum absolute atomic E-state index is 11.9. The molecule has 1 rings (SSSR count). The van der Waals surface area contributed by atoms with Gasteiger partial charge in [0, 0.05) is 6.92 Å². The molecule has 0 bridgehead atoms. The number of hydrogen-bond donors (Lipinski definition) is 0. The molecule has 0 fully saturated rings. The molecule has 18 heavy (non-hydrogen) atoms. The van der Waals surface area contributed by atoms with Gasteiger partial charge in [-0.1, -0.05) is 39.0 Å². The van der Waals surface area contributed by atoms with E-state index in [2.05, 4.69) is 4.74 Å². The lowest BCUT2D eigenvalue weighted by molar-refractivity contribution is -0.149. The first-order chi connectivity index (χ1) is 8.32. The summed E-state index contributed by atoms with van der Waals surface area (Å²) in [7, 11) is 0. The monoisotopic (exact) mass is 250 g/mol. The van der Waals surface area contributed by atoms with Gasteiger partial charge in [-0.2, -0.15) is 0 Å². The Bertz CT molecular complexity index is 443. The van der Waals surface area contributed by atoms with E-state index in [0.29, 0.717) is 5.56 Å². The van der Waals surface area contributed by atoms with E-state index >= 15 is 0 Å². The van der Waals surface area contributed by atoms with Gasteiger partial charge in [0.1, 0.15) is 0 Å². The third kappa shape index (κ3) is 3.87. The quantitative estimate of drug-likeness (QED) is 0.611. The number of esters is 2. The third-order valence-corrected chi connectivity index (χ3v) is 2.41. The van der Waals surface area contributed by atoms with Gasteiger partial charge in [-0.15, -0.1) is 0 Å². The maximum Gasteiger partial charge on any atom is 0.341 e. The highest BCUT2D eigenvalue weighted by molar-refractivity contribution is 5.91. The smallest absolute Gasteiger partial charge is 0.341 e. The van der Waals surface area contributed by atoms with Gasteiger partial charge in [0.2, 0.25) is 6.79 Å². The Labute approximate surface area is 107 Å². The predicted octanol–water partition coefficient (Wildman–Crippen LogP) is 2.66. The minimum Gasteiger partial charge on any atom is -0.428 e. The summed E-state index contributed by atoms with van der Waals surface area (Å²) in [6.07, 6.45) is 0. The summed E-state index contributed by atoms with van der Waals surface area (Å²) in [5.41, 5.74) is 1.24. The first-order valence-electron chi connectivity index (χ1n) is 5.72. The number of ether oxygens (including phenoxy) is 2. The fourth-order valence-electron chi connectivity index (χ4n) is 1.56. The second-order valence-electron chi connectivity index (χ2n) is 4.98. The summed E-state index contributed by atoms with van der Waals surface area (Å²) in [4.78, 5) is 22.5. The van der Waals surface area contributed by atoms with Crippen LogP contribution in [0, 0.1) is 0 Å². The SMILES string of the molecule is CC(=O)OCOC(=O)c1ccccc1C(C)(C)C. The Kier molecular flexibility index (Phi) is 4.48. The van der Waals surface area contributed by atoms with E-state index in [0.717, 1.165) is 5.56 Å². The lowest BCUT2D eigenvalue weighted by atomic mass is 9.84. The molecule has 98 valence electrons. The van der Waals surface area contributed by atoms with Crippen LogP contribution in [0.15, 0.2) is 24.3 Å². The van der Waals surface area contributed by atoms with Crippen molar-refractivity contribution < 1.29 is 19.1 Å². The lowest BCUT2D eigenvalue weighted by Gasteiger charge is -2.21. The first-order valence-corrected chi connectivity index (χ1v) is 5.72. The van der Waals surface area contributed by atoms with Gasteiger partial charge >= 0.3 is 11.9 Å². The van der Waals surface area contributed by atoms with Gasteiger partial charge in [-0.05, 0) is 17.0 Å². The molecular weight excluding hydrogens is 232 g/mol. The lowest BCUT2D eigenvalue weighted by Crippen LogP contribution is -2.19. The van der Waals surface area contributed by atoms with Crippen LogP contribution in [0.5, 0.6) is 0 Å². The van der Waals surface area contributed by atoms with Crippen molar-refractivity contribution in [2.45, 2.75) is 33.1 Å². The molecule has 1 aromatic rings. The zero-order valence-corrected chi connectivity index (χ0v) is 11.1. The Morgan fingerprint density at radius 3 is 2.28 bits per heavy atom. The largest absolute Gasteiger partial charge is 0.428 e. The fourth-order valence-corrected chi connectivity index (χ4v) is 1.56. The van der Waals surface area contributed by atoms with Crippen LogP contribution < -0.4 is 0 Å². The van der Waals surface area contributed by atoms with Crippen molar-refractivity contribution >= 4 is 11.9 Å². The van der Waals surface area contributed by atoms with E-state index in [-0.39, 0.29) is 12.2 Å². The molecule has 0 amide bonds. The van der Waals surface area contributed by atoms with Crippen LogP contribution in [0.2, 0.25) is 0 Å². The van der Waals surface area contributed by atoms with Gasteiger partial charge in [0.05, 0.1) is 5.56 Å². The zero-order chi connectivity index (χ0) is 13.8. The van der Waals surface area contributed by atoms with E-state index < -0.39 is 11.9 Å². The number of benzene rings is 1. The summed E-state index contributed by atoms with van der Waals surface area (Å²) >= 11 is 0. The van der Waals surface area contributed by atoms with Gasteiger partial charge in [-0.3, -0.25) is 4.79 Å². The molecule has 0 spiro atoms. The average molecular weight is 250 g/mol. The van der Waals surface area contributed by atoms with E-state index in [1.807, 2.05) is 32.9 Å². The normalized spacial score (nSPS) is 10.9. The molecule has 4 nitrogen and oxygen atoms in total. The minimum atomic E-state index is -0.484. The molecule has 0 aliphatic rings. The van der Waals surface area contributed by atoms with Crippen molar-refractivity contribution in [3.63, 3.8) is 0 Å². The molecule has 0 N–H and O–H groups in total. The predicted molar refractivity (Wildman–Crippen MR) is 67.2 cm³/mol. The Hall–Kier alpha value is -1.84. The topological polar surface area (TPSA) is 52.6 Å².